The van der Waals surface area contributed by atoms with Crippen molar-refractivity contribution in [3.63, 3.8) is 0 Å². The standard InChI is InChI=1S/C36H70O.C2H4O.2Na.H2O4S/c1-3-5-7-9-11-13-15-17-19-21-23-25-27-29-31-33-35-37-36-34-32-30-28-26-24-22-20-18-16-14-12-10-8-6-4-2;1-2-3-1;;;1-5(2,3)4/h17-20H,3-16,21-36H2,1-2H3;1-2H2;;;(H2,1,2,3,4)/q;;2*+1;/p-2/b19-17-,20-18-;;;;. The molecule has 1 aliphatic rings. The van der Waals surface area contributed by atoms with Crippen LogP contribution in [0.4, 0.5) is 0 Å². The summed E-state index contributed by atoms with van der Waals surface area (Å²) in [5.41, 5.74) is 0. The molecule has 1 rings (SSSR count). The summed E-state index contributed by atoms with van der Waals surface area (Å²) in [5.74, 6) is 0. The molecule has 0 N–H and O–H groups in total. The number of unbranched alkanes of at least 4 members (excludes halogenated alkanes) is 24. The molecule has 1 aliphatic heterocycles. The average Bonchev–Trinajstić information content (AvgIpc) is 3.89. The molecule has 1 heterocycles. The summed E-state index contributed by atoms with van der Waals surface area (Å²) in [6.07, 6.45) is 48.1. The van der Waals surface area contributed by atoms with Crippen LogP contribution < -0.4 is 59.1 Å². The fourth-order valence-electron chi connectivity index (χ4n) is 5.01. The Bertz CT molecular complexity index is 652. The molecule has 0 aromatic heterocycles. The molecule has 47 heavy (non-hydrogen) atoms. The summed E-state index contributed by atoms with van der Waals surface area (Å²) in [7, 11) is -5.17. The third-order valence-corrected chi connectivity index (χ3v) is 7.81. The smallest absolute Gasteiger partial charge is 0.759 e. The van der Waals surface area contributed by atoms with Gasteiger partial charge in [0.15, 0.2) is 0 Å². The SMILES string of the molecule is C1CO1.CCCCCCCC/C=C\CCCCCCCCOCCCCCCCC/C=C\CCCCCCCC.O=S(=O)([O-])[O-].[Na+].[Na+]. The van der Waals surface area contributed by atoms with Crippen molar-refractivity contribution in [1.29, 1.82) is 0 Å². The van der Waals surface area contributed by atoms with E-state index < -0.39 is 10.4 Å². The molecule has 0 radical (unpaired) electrons. The first-order valence-electron chi connectivity index (χ1n) is 19.0. The summed E-state index contributed by atoms with van der Waals surface area (Å²) in [6, 6.07) is 0. The van der Waals surface area contributed by atoms with Crippen molar-refractivity contribution in [3.05, 3.63) is 24.3 Å². The summed E-state index contributed by atoms with van der Waals surface area (Å²) < 4.78 is 44.4. The van der Waals surface area contributed by atoms with Crippen LogP contribution >= 0.6 is 0 Å². The molecular formula is C38H74Na2O6S. The van der Waals surface area contributed by atoms with Crippen molar-refractivity contribution >= 4 is 10.4 Å². The van der Waals surface area contributed by atoms with Gasteiger partial charge in [-0.1, -0.05) is 154 Å². The number of hydrogen-bond acceptors (Lipinski definition) is 6. The van der Waals surface area contributed by atoms with Gasteiger partial charge < -0.3 is 18.6 Å². The van der Waals surface area contributed by atoms with E-state index in [1.807, 2.05) is 0 Å². The van der Waals surface area contributed by atoms with Gasteiger partial charge in [-0.05, 0) is 64.2 Å². The fraction of sp³-hybridized carbons (Fsp3) is 0.895. The molecule has 0 atom stereocenters. The monoisotopic (exact) mass is 705 g/mol. The van der Waals surface area contributed by atoms with Crippen LogP contribution in [0.3, 0.4) is 0 Å². The van der Waals surface area contributed by atoms with Crippen LogP contribution in [-0.2, 0) is 19.9 Å². The maximum Gasteiger partial charge on any atom is 1.00 e. The molecule has 9 heteroatoms. The Morgan fingerprint density at radius 1 is 0.468 bits per heavy atom. The van der Waals surface area contributed by atoms with Crippen molar-refractivity contribution in [2.75, 3.05) is 26.4 Å². The van der Waals surface area contributed by atoms with Gasteiger partial charge in [0, 0.05) is 23.6 Å². The molecule has 0 aliphatic carbocycles. The van der Waals surface area contributed by atoms with Gasteiger partial charge in [-0.25, -0.2) is 0 Å². The van der Waals surface area contributed by atoms with Crippen LogP contribution in [0.25, 0.3) is 0 Å². The minimum absolute atomic E-state index is 0. The molecule has 1 fully saturated rings. The summed E-state index contributed by atoms with van der Waals surface area (Å²) >= 11 is 0. The van der Waals surface area contributed by atoms with Crippen molar-refractivity contribution in [2.45, 2.75) is 194 Å². The van der Waals surface area contributed by atoms with Gasteiger partial charge in [-0.15, -0.1) is 0 Å². The number of epoxide rings is 1. The van der Waals surface area contributed by atoms with Crippen molar-refractivity contribution in [1.82, 2.24) is 0 Å². The van der Waals surface area contributed by atoms with Gasteiger partial charge in [0.05, 0.1) is 13.2 Å². The first kappa shape index (κ1) is 55.0. The third-order valence-electron chi connectivity index (χ3n) is 7.81. The largest absolute Gasteiger partial charge is 1.00 e. The minimum atomic E-state index is -5.17. The molecule has 0 unspecified atom stereocenters. The van der Waals surface area contributed by atoms with Crippen molar-refractivity contribution in [2.24, 2.45) is 0 Å². The third kappa shape index (κ3) is 73.6. The molecule has 6 nitrogen and oxygen atoms in total. The Morgan fingerprint density at radius 3 is 0.915 bits per heavy atom. The molecule has 1 saturated heterocycles. The van der Waals surface area contributed by atoms with E-state index in [2.05, 4.69) is 42.9 Å². The molecular weight excluding hydrogens is 630 g/mol. The predicted octanol–water partition coefficient (Wildman–Crippen LogP) is 5.76. The second-order valence-electron chi connectivity index (χ2n) is 12.5. The summed E-state index contributed by atoms with van der Waals surface area (Å²) in [5, 5.41) is 0. The van der Waals surface area contributed by atoms with Gasteiger partial charge in [-0.3, -0.25) is 8.42 Å². The van der Waals surface area contributed by atoms with E-state index >= 15 is 0 Å². The fourth-order valence-corrected chi connectivity index (χ4v) is 5.01. The van der Waals surface area contributed by atoms with E-state index in [9.17, 15) is 0 Å². The zero-order valence-corrected chi connectivity index (χ0v) is 36.6. The number of allylic oxidation sites excluding steroid dienone is 4. The second kappa shape index (κ2) is 49.4. The van der Waals surface area contributed by atoms with Crippen molar-refractivity contribution in [3.8, 4) is 0 Å². The Balaban J connectivity index is -0.000000809. The van der Waals surface area contributed by atoms with Crippen LogP contribution in [0.15, 0.2) is 24.3 Å². The molecule has 0 spiro atoms. The number of hydrogen-bond donors (Lipinski definition) is 0. The predicted molar refractivity (Wildman–Crippen MR) is 191 cm³/mol. The maximum absolute atomic E-state index is 8.52. The summed E-state index contributed by atoms with van der Waals surface area (Å²) in [4.78, 5) is 0. The minimum Gasteiger partial charge on any atom is -0.759 e. The van der Waals surface area contributed by atoms with Crippen LogP contribution in [0.2, 0.25) is 0 Å². The first-order valence-corrected chi connectivity index (χ1v) is 20.4. The van der Waals surface area contributed by atoms with Gasteiger partial charge in [-0.2, -0.15) is 0 Å². The molecule has 0 amide bonds. The van der Waals surface area contributed by atoms with Gasteiger partial charge >= 0.3 is 59.1 Å². The van der Waals surface area contributed by atoms with E-state index in [4.69, 9.17) is 22.3 Å². The van der Waals surface area contributed by atoms with E-state index in [0.717, 1.165) is 26.4 Å². The maximum atomic E-state index is 8.52. The van der Waals surface area contributed by atoms with Gasteiger partial charge in [0.1, 0.15) is 0 Å². The van der Waals surface area contributed by atoms with Gasteiger partial charge in [0.2, 0.25) is 0 Å². The quantitative estimate of drug-likeness (QED) is 0.0220. The average molecular weight is 705 g/mol. The van der Waals surface area contributed by atoms with Crippen LogP contribution in [0.1, 0.15) is 194 Å². The Kier molecular flexibility index (Phi) is 57.8. The van der Waals surface area contributed by atoms with E-state index in [1.54, 1.807) is 0 Å². The molecule has 0 saturated carbocycles. The number of rotatable bonds is 32. The Morgan fingerprint density at radius 2 is 0.681 bits per heavy atom. The van der Waals surface area contributed by atoms with Crippen LogP contribution in [-0.4, -0.2) is 44.0 Å². The zero-order chi connectivity index (χ0) is 33.4. The topological polar surface area (TPSA) is 102 Å². The van der Waals surface area contributed by atoms with E-state index in [1.165, 1.54) is 180 Å². The second-order valence-corrected chi connectivity index (χ2v) is 13.3. The zero-order valence-electron chi connectivity index (χ0n) is 31.8. The van der Waals surface area contributed by atoms with E-state index in [-0.39, 0.29) is 59.1 Å². The summed E-state index contributed by atoms with van der Waals surface area (Å²) in [6.45, 7) is 8.54. The molecule has 270 valence electrons. The van der Waals surface area contributed by atoms with Gasteiger partial charge in [0.25, 0.3) is 0 Å². The molecule has 0 aromatic rings. The Hall–Kier alpha value is 1.27. The van der Waals surface area contributed by atoms with Crippen LogP contribution in [0.5, 0.6) is 0 Å². The van der Waals surface area contributed by atoms with Crippen LogP contribution in [0, 0.1) is 0 Å². The Labute approximate surface area is 338 Å². The van der Waals surface area contributed by atoms with E-state index in [0.29, 0.717) is 0 Å². The van der Waals surface area contributed by atoms with Crippen molar-refractivity contribution < 1.29 is 86.1 Å². The normalized spacial score (nSPS) is 12.2. The number of ether oxygens (including phenoxy) is 2. The molecule has 0 bridgehead atoms. The first-order chi connectivity index (χ1) is 21.9. The molecule has 0 aromatic carbocycles.